The summed E-state index contributed by atoms with van der Waals surface area (Å²) in [6.45, 7) is 3.84. The summed E-state index contributed by atoms with van der Waals surface area (Å²) in [6, 6.07) is 18.6. The molecular formula is C26H21N3O4S. The van der Waals surface area contributed by atoms with Crippen LogP contribution in [0.2, 0.25) is 0 Å². The van der Waals surface area contributed by atoms with E-state index in [1.165, 1.54) is 16.2 Å². The van der Waals surface area contributed by atoms with Gasteiger partial charge in [-0.05, 0) is 62.4 Å². The van der Waals surface area contributed by atoms with Gasteiger partial charge in [-0.25, -0.2) is 4.98 Å². The number of fused-ring (bicyclic) bond motifs is 1. The number of anilines is 1. The third-order valence-corrected chi connectivity index (χ3v) is 6.44. The number of rotatable bonds is 5. The van der Waals surface area contributed by atoms with E-state index < -0.39 is 17.7 Å². The Morgan fingerprint density at radius 3 is 2.44 bits per heavy atom. The molecule has 1 aliphatic heterocycles. The fourth-order valence-electron chi connectivity index (χ4n) is 3.93. The number of aromatic nitrogens is 2. The Morgan fingerprint density at radius 2 is 1.76 bits per heavy atom. The van der Waals surface area contributed by atoms with Crippen molar-refractivity contribution in [2.45, 2.75) is 26.0 Å². The third-order valence-electron chi connectivity index (χ3n) is 5.40. The number of Topliss-reactive ketones (excluding diaryl/α,β-unsaturated/α-hetero) is 1. The summed E-state index contributed by atoms with van der Waals surface area (Å²) in [5.41, 5.74) is 1.56. The summed E-state index contributed by atoms with van der Waals surface area (Å²) in [5.74, 6) is -1.16. The van der Waals surface area contributed by atoms with Crippen LogP contribution in [0.4, 0.5) is 5.13 Å². The Bertz CT molecular complexity index is 1380. The second kappa shape index (κ2) is 8.72. The zero-order valence-electron chi connectivity index (χ0n) is 18.5. The van der Waals surface area contributed by atoms with Crippen molar-refractivity contribution in [1.82, 2.24) is 9.97 Å². The van der Waals surface area contributed by atoms with Crippen molar-refractivity contribution < 1.29 is 19.4 Å². The van der Waals surface area contributed by atoms with Gasteiger partial charge in [0.05, 0.1) is 27.6 Å². The standard InChI is InChI=1S/C26H21N3O4S/c1-15(2)33-17-12-10-16(11-13-17)23(30)21-22(19-8-5-6-14-27-19)29(25(32)24(21)31)26-28-18-7-3-4-9-20(18)34-26/h3-15,22,30H,1-2H3/b23-21+. The monoisotopic (exact) mass is 471 g/mol. The van der Waals surface area contributed by atoms with E-state index in [4.69, 9.17) is 4.74 Å². The number of pyridine rings is 1. The van der Waals surface area contributed by atoms with Crippen LogP contribution in [0, 0.1) is 0 Å². The number of benzene rings is 2. The number of carbonyl (C=O) groups is 2. The first-order chi connectivity index (χ1) is 16.4. The van der Waals surface area contributed by atoms with Gasteiger partial charge in [0.25, 0.3) is 5.78 Å². The normalized spacial score (nSPS) is 17.6. The van der Waals surface area contributed by atoms with Crippen molar-refractivity contribution in [3.05, 3.63) is 89.8 Å². The number of hydrogen-bond donors (Lipinski definition) is 1. The maximum atomic E-state index is 13.2. The van der Waals surface area contributed by atoms with E-state index in [2.05, 4.69) is 9.97 Å². The Labute approximate surface area is 200 Å². The van der Waals surface area contributed by atoms with E-state index >= 15 is 0 Å². The molecule has 1 fully saturated rings. The van der Waals surface area contributed by atoms with Crippen LogP contribution in [0.1, 0.15) is 31.1 Å². The lowest BCUT2D eigenvalue weighted by Gasteiger charge is -2.22. The highest BCUT2D eigenvalue weighted by Crippen LogP contribution is 2.43. The molecule has 1 atom stereocenters. The van der Waals surface area contributed by atoms with E-state index in [1.54, 1.807) is 48.7 Å². The van der Waals surface area contributed by atoms with Gasteiger partial charge in [0.2, 0.25) is 0 Å². The Morgan fingerprint density at radius 1 is 1.03 bits per heavy atom. The number of amides is 1. The van der Waals surface area contributed by atoms with Crippen LogP contribution in [-0.4, -0.2) is 32.9 Å². The molecule has 1 amide bonds. The maximum Gasteiger partial charge on any atom is 0.301 e. The number of ether oxygens (including phenoxy) is 1. The largest absolute Gasteiger partial charge is 0.507 e. The van der Waals surface area contributed by atoms with Gasteiger partial charge in [0.1, 0.15) is 17.6 Å². The number of aliphatic hydroxyl groups is 1. The van der Waals surface area contributed by atoms with Crippen molar-refractivity contribution in [3.8, 4) is 5.75 Å². The molecule has 0 bridgehead atoms. The summed E-state index contributed by atoms with van der Waals surface area (Å²) in [7, 11) is 0. The van der Waals surface area contributed by atoms with Crippen LogP contribution in [-0.2, 0) is 9.59 Å². The number of thiazole rings is 1. The summed E-state index contributed by atoms with van der Waals surface area (Å²) in [4.78, 5) is 36.8. The van der Waals surface area contributed by atoms with Gasteiger partial charge >= 0.3 is 5.91 Å². The fraction of sp³-hybridized carbons (Fsp3) is 0.154. The highest BCUT2D eigenvalue weighted by molar-refractivity contribution is 7.22. The molecule has 2 aromatic carbocycles. The van der Waals surface area contributed by atoms with Crippen molar-refractivity contribution in [2.75, 3.05) is 4.90 Å². The lowest BCUT2D eigenvalue weighted by molar-refractivity contribution is -0.132. The second-order valence-electron chi connectivity index (χ2n) is 8.08. The Balaban J connectivity index is 1.65. The molecule has 4 aromatic rings. The van der Waals surface area contributed by atoms with Crippen LogP contribution in [0.15, 0.2) is 78.5 Å². The van der Waals surface area contributed by atoms with Gasteiger partial charge in [-0.2, -0.15) is 0 Å². The van der Waals surface area contributed by atoms with E-state index in [-0.39, 0.29) is 17.4 Å². The average molecular weight is 472 g/mol. The molecule has 34 heavy (non-hydrogen) atoms. The molecule has 170 valence electrons. The molecule has 0 radical (unpaired) electrons. The van der Waals surface area contributed by atoms with Gasteiger partial charge in [-0.1, -0.05) is 29.5 Å². The maximum absolute atomic E-state index is 13.2. The molecule has 2 aromatic heterocycles. The van der Waals surface area contributed by atoms with Crippen molar-refractivity contribution in [3.63, 3.8) is 0 Å². The second-order valence-corrected chi connectivity index (χ2v) is 9.09. The lowest BCUT2D eigenvalue weighted by atomic mass is 9.98. The number of hydrogen-bond acceptors (Lipinski definition) is 7. The SMILES string of the molecule is CC(C)Oc1ccc(/C(O)=C2\C(=O)C(=O)N(c3nc4ccccc4s3)C2c2ccccn2)cc1. The van der Waals surface area contributed by atoms with Gasteiger partial charge in [0.15, 0.2) is 5.13 Å². The first-order valence-corrected chi connectivity index (χ1v) is 11.6. The van der Waals surface area contributed by atoms with Crippen LogP contribution < -0.4 is 9.64 Å². The lowest BCUT2D eigenvalue weighted by Crippen LogP contribution is -2.29. The molecule has 5 rings (SSSR count). The van der Waals surface area contributed by atoms with E-state index in [0.29, 0.717) is 22.1 Å². The van der Waals surface area contributed by atoms with Crippen LogP contribution in [0.5, 0.6) is 5.75 Å². The molecule has 0 saturated carbocycles. The predicted octanol–water partition coefficient (Wildman–Crippen LogP) is 5.10. The molecule has 1 N–H and O–H groups in total. The van der Waals surface area contributed by atoms with Gasteiger partial charge < -0.3 is 9.84 Å². The molecule has 1 unspecified atom stereocenters. The first kappa shape index (κ1) is 21.8. The zero-order chi connectivity index (χ0) is 23.8. The number of nitrogens with zero attached hydrogens (tertiary/aromatic N) is 3. The first-order valence-electron chi connectivity index (χ1n) is 10.8. The van der Waals surface area contributed by atoms with Crippen molar-refractivity contribution in [1.29, 1.82) is 0 Å². The summed E-state index contributed by atoms with van der Waals surface area (Å²) in [6.07, 6.45) is 1.59. The predicted molar refractivity (Wildman–Crippen MR) is 131 cm³/mol. The van der Waals surface area contributed by atoms with E-state index in [1.807, 2.05) is 38.1 Å². The quantitative estimate of drug-likeness (QED) is 0.247. The average Bonchev–Trinajstić information content (AvgIpc) is 3.38. The summed E-state index contributed by atoms with van der Waals surface area (Å²) in [5, 5.41) is 11.6. The Kier molecular flexibility index (Phi) is 5.59. The number of ketones is 1. The smallest absolute Gasteiger partial charge is 0.301 e. The minimum absolute atomic E-state index is 0.00253. The molecule has 3 heterocycles. The number of aliphatic hydroxyl groups excluding tert-OH is 1. The number of carbonyl (C=O) groups excluding carboxylic acids is 2. The van der Waals surface area contributed by atoms with Crippen LogP contribution in [0.3, 0.4) is 0 Å². The van der Waals surface area contributed by atoms with E-state index in [0.717, 1.165) is 10.2 Å². The van der Waals surface area contributed by atoms with Crippen LogP contribution in [0.25, 0.3) is 16.0 Å². The minimum Gasteiger partial charge on any atom is -0.507 e. The molecule has 0 spiro atoms. The summed E-state index contributed by atoms with van der Waals surface area (Å²) >= 11 is 1.31. The molecule has 7 nitrogen and oxygen atoms in total. The number of para-hydroxylation sites is 1. The molecular weight excluding hydrogens is 450 g/mol. The van der Waals surface area contributed by atoms with E-state index in [9.17, 15) is 14.7 Å². The topological polar surface area (TPSA) is 92.6 Å². The third kappa shape index (κ3) is 3.82. The molecule has 0 aliphatic carbocycles. The van der Waals surface area contributed by atoms with Crippen molar-refractivity contribution in [2.24, 2.45) is 0 Å². The van der Waals surface area contributed by atoms with Crippen LogP contribution >= 0.6 is 11.3 Å². The molecule has 8 heteroatoms. The Hall–Kier alpha value is -4.04. The fourth-order valence-corrected chi connectivity index (χ4v) is 4.92. The van der Waals surface area contributed by atoms with Gasteiger partial charge in [0, 0.05) is 11.8 Å². The molecule has 1 aliphatic rings. The van der Waals surface area contributed by atoms with Gasteiger partial charge in [-0.3, -0.25) is 19.5 Å². The van der Waals surface area contributed by atoms with Crippen molar-refractivity contribution >= 4 is 44.1 Å². The molecule has 1 saturated heterocycles. The zero-order valence-corrected chi connectivity index (χ0v) is 19.3. The summed E-state index contributed by atoms with van der Waals surface area (Å²) < 4.78 is 6.55. The highest BCUT2D eigenvalue weighted by atomic mass is 32.1. The highest BCUT2D eigenvalue weighted by Gasteiger charge is 2.48. The van der Waals surface area contributed by atoms with Gasteiger partial charge in [-0.15, -0.1) is 0 Å². The minimum atomic E-state index is -0.909.